The molecule has 6 nitrogen and oxygen atoms in total. The predicted octanol–water partition coefficient (Wildman–Crippen LogP) is 6.41. The topological polar surface area (TPSA) is 75.7 Å². The first-order valence-corrected chi connectivity index (χ1v) is 13.1. The lowest BCUT2D eigenvalue weighted by atomic mass is 10.2. The largest absolute Gasteiger partial charge is 0.489 e. The van der Waals surface area contributed by atoms with Crippen molar-refractivity contribution in [1.82, 2.24) is 0 Å². The summed E-state index contributed by atoms with van der Waals surface area (Å²) < 4.78 is 33.6. The summed E-state index contributed by atoms with van der Waals surface area (Å²) in [5.74, 6) is 0.119. The second-order valence-electron chi connectivity index (χ2n) is 7.79. The molecule has 0 unspecified atom stereocenters. The number of sulfonamides is 1. The van der Waals surface area contributed by atoms with Crippen molar-refractivity contribution >= 4 is 50.5 Å². The molecule has 0 aliphatic carbocycles. The van der Waals surface area contributed by atoms with Crippen LogP contribution in [0.1, 0.15) is 5.56 Å². The van der Waals surface area contributed by atoms with E-state index in [9.17, 15) is 13.2 Å². The number of nitrogens with one attached hydrogen (secondary N) is 1. The SMILES string of the molecule is O=C(CN(c1cccc(Cl)c1)S(=O)(=O)c1ccc(Cl)cc1)Nc1ccc(OCc2ccccc2)cc1. The fourth-order valence-corrected chi connectivity index (χ4v) is 5.11. The molecule has 0 bridgehead atoms. The molecule has 4 aromatic rings. The molecule has 0 fully saturated rings. The van der Waals surface area contributed by atoms with E-state index in [1.165, 1.54) is 30.3 Å². The van der Waals surface area contributed by atoms with Gasteiger partial charge in [-0.25, -0.2) is 8.42 Å². The van der Waals surface area contributed by atoms with Crippen molar-refractivity contribution in [2.45, 2.75) is 11.5 Å². The normalized spacial score (nSPS) is 11.1. The quantitative estimate of drug-likeness (QED) is 0.266. The predicted molar refractivity (Wildman–Crippen MR) is 143 cm³/mol. The van der Waals surface area contributed by atoms with Gasteiger partial charge in [0.2, 0.25) is 5.91 Å². The Labute approximate surface area is 220 Å². The van der Waals surface area contributed by atoms with E-state index in [1.54, 1.807) is 42.5 Å². The molecule has 0 saturated heterocycles. The molecule has 1 amide bonds. The maximum absolute atomic E-state index is 13.4. The van der Waals surface area contributed by atoms with Crippen LogP contribution in [0, 0.1) is 0 Å². The lowest BCUT2D eigenvalue weighted by Gasteiger charge is -2.24. The standard InChI is InChI=1S/C27H22Cl2N2O4S/c28-21-9-15-26(16-10-21)36(33,34)31(24-8-4-7-22(29)17-24)18-27(32)30-23-11-13-25(14-12-23)35-19-20-5-2-1-3-6-20/h1-17H,18-19H2,(H,30,32). The zero-order chi connectivity index (χ0) is 25.5. The number of hydrogen-bond donors (Lipinski definition) is 1. The van der Waals surface area contributed by atoms with E-state index in [0.717, 1.165) is 9.87 Å². The maximum Gasteiger partial charge on any atom is 0.264 e. The number of carbonyl (C=O) groups excluding carboxylic acids is 1. The summed E-state index contributed by atoms with van der Waals surface area (Å²) in [5, 5.41) is 3.48. The van der Waals surface area contributed by atoms with Gasteiger partial charge in [0.05, 0.1) is 10.6 Å². The highest BCUT2D eigenvalue weighted by Gasteiger charge is 2.27. The highest BCUT2D eigenvalue weighted by atomic mass is 35.5. The molecule has 0 aromatic heterocycles. The van der Waals surface area contributed by atoms with Gasteiger partial charge in [0.15, 0.2) is 0 Å². The van der Waals surface area contributed by atoms with Gasteiger partial charge in [0, 0.05) is 15.7 Å². The molecule has 0 saturated carbocycles. The van der Waals surface area contributed by atoms with E-state index in [4.69, 9.17) is 27.9 Å². The highest BCUT2D eigenvalue weighted by Crippen LogP contribution is 2.27. The van der Waals surface area contributed by atoms with Crippen LogP contribution in [0.4, 0.5) is 11.4 Å². The summed E-state index contributed by atoms with van der Waals surface area (Å²) in [6, 6.07) is 28.7. The minimum Gasteiger partial charge on any atom is -0.489 e. The third-order valence-corrected chi connectivity index (χ3v) is 7.45. The Kier molecular flexibility index (Phi) is 8.15. The first-order valence-electron chi connectivity index (χ1n) is 10.9. The van der Waals surface area contributed by atoms with Gasteiger partial charge >= 0.3 is 0 Å². The molecular formula is C27H22Cl2N2O4S. The van der Waals surface area contributed by atoms with Crippen LogP contribution < -0.4 is 14.4 Å². The average Bonchev–Trinajstić information content (AvgIpc) is 2.88. The summed E-state index contributed by atoms with van der Waals surface area (Å²) in [6.07, 6.45) is 0. The molecule has 0 aliphatic heterocycles. The number of carbonyl (C=O) groups is 1. The Morgan fingerprint density at radius 3 is 2.17 bits per heavy atom. The molecule has 4 rings (SSSR count). The first kappa shape index (κ1) is 25.6. The number of nitrogens with zero attached hydrogens (tertiary/aromatic N) is 1. The van der Waals surface area contributed by atoms with Crippen molar-refractivity contribution in [2.75, 3.05) is 16.2 Å². The molecule has 1 N–H and O–H groups in total. The highest BCUT2D eigenvalue weighted by molar-refractivity contribution is 7.92. The van der Waals surface area contributed by atoms with Gasteiger partial charge in [0.25, 0.3) is 10.0 Å². The van der Waals surface area contributed by atoms with Gasteiger partial charge in [0.1, 0.15) is 18.9 Å². The van der Waals surface area contributed by atoms with E-state index < -0.39 is 22.5 Å². The third kappa shape index (κ3) is 6.57. The number of amides is 1. The molecule has 0 radical (unpaired) electrons. The van der Waals surface area contributed by atoms with Gasteiger partial charge in [-0.2, -0.15) is 0 Å². The number of ether oxygens (including phenoxy) is 1. The van der Waals surface area contributed by atoms with E-state index in [1.807, 2.05) is 30.3 Å². The van der Waals surface area contributed by atoms with Crippen molar-refractivity contribution in [3.8, 4) is 5.75 Å². The summed E-state index contributed by atoms with van der Waals surface area (Å²) in [7, 11) is -4.08. The summed E-state index contributed by atoms with van der Waals surface area (Å²) in [4.78, 5) is 12.9. The van der Waals surface area contributed by atoms with Crippen molar-refractivity contribution in [3.05, 3.63) is 119 Å². The van der Waals surface area contributed by atoms with Gasteiger partial charge in [-0.3, -0.25) is 9.10 Å². The maximum atomic E-state index is 13.4. The van der Waals surface area contributed by atoms with Gasteiger partial charge < -0.3 is 10.1 Å². The Morgan fingerprint density at radius 2 is 1.50 bits per heavy atom. The Morgan fingerprint density at radius 1 is 0.806 bits per heavy atom. The number of anilines is 2. The molecule has 0 heterocycles. The third-order valence-electron chi connectivity index (χ3n) is 5.17. The van der Waals surface area contributed by atoms with E-state index in [2.05, 4.69) is 5.32 Å². The second-order valence-corrected chi connectivity index (χ2v) is 10.5. The van der Waals surface area contributed by atoms with Crippen molar-refractivity contribution < 1.29 is 17.9 Å². The molecule has 0 spiro atoms. The molecule has 0 atom stereocenters. The molecule has 184 valence electrons. The Balaban J connectivity index is 1.48. The van der Waals surface area contributed by atoms with Crippen molar-refractivity contribution in [3.63, 3.8) is 0 Å². The van der Waals surface area contributed by atoms with Crippen LogP contribution in [0.3, 0.4) is 0 Å². The zero-order valence-electron chi connectivity index (χ0n) is 19.0. The van der Waals surface area contributed by atoms with E-state index >= 15 is 0 Å². The van der Waals surface area contributed by atoms with Gasteiger partial charge in [-0.1, -0.05) is 59.6 Å². The number of benzene rings is 4. The fourth-order valence-electron chi connectivity index (χ4n) is 3.39. The average molecular weight is 541 g/mol. The van der Waals surface area contributed by atoms with Crippen molar-refractivity contribution in [1.29, 1.82) is 0 Å². The lowest BCUT2D eigenvalue weighted by molar-refractivity contribution is -0.114. The zero-order valence-corrected chi connectivity index (χ0v) is 21.3. The number of hydrogen-bond acceptors (Lipinski definition) is 4. The first-order chi connectivity index (χ1) is 17.3. The fraction of sp³-hybridized carbons (Fsp3) is 0.0741. The van der Waals surface area contributed by atoms with Gasteiger partial charge in [-0.05, 0) is 72.3 Å². The Bertz CT molecular complexity index is 1430. The van der Waals surface area contributed by atoms with Crippen LogP contribution in [0.25, 0.3) is 0 Å². The molecule has 0 aliphatic rings. The minimum absolute atomic E-state index is 0.000377. The van der Waals surface area contributed by atoms with Crippen molar-refractivity contribution in [2.24, 2.45) is 0 Å². The van der Waals surface area contributed by atoms with Gasteiger partial charge in [-0.15, -0.1) is 0 Å². The summed E-state index contributed by atoms with van der Waals surface area (Å²) in [6.45, 7) is -0.0404. The molecule has 9 heteroatoms. The summed E-state index contributed by atoms with van der Waals surface area (Å²) >= 11 is 12.0. The van der Waals surface area contributed by atoms with Crippen LogP contribution in [0.5, 0.6) is 5.75 Å². The number of halogens is 2. The summed E-state index contributed by atoms with van der Waals surface area (Å²) in [5.41, 5.74) is 1.80. The molecule has 4 aromatic carbocycles. The van der Waals surface area contributed by atoms with E-state index in [0.29, 0.717) is 28.1 Å². The second kappa shape index (κ2) is 11.5. The van der Waals surface area contributed by atoms with Crippen LogP contribution in [-0.4, -0.2) is 20.9 Å². The molecular weight excluding hydrogens is 519 g/mol. The minimum atomic E-state index is -4.08. The Hall–Kier alpha value is -3.52. The van der Waals surface area contributed by atoms with Crippen LogP contribution in [-0.2, 0) is 21.4 Å². The monoisotopic (exact) mass is 540 g/mol. The smallest absolute Gasteiger partial charge is 0.264 e. The van der Waals surface area contributed by atoms with Crippen LogP contribution in [0.2, 0.25) is 10.0 Å². The van der Waals surface area contributed by atoms with E-state index in [-0.39, 0.29) is 10.6 Å². The van der Waals surface area contributed by atoms with Crippen LogP contribution in [0.15, 0.2) is 108 Å². The van der Waals surface area contributed by atoms with Crippen LogP contribution >= 0.6 is 23.2 Å². The molecule has 36 heavy (non-hydrogen) atoms. The lowest BCUT2D eigenvalue weighted by Crippen LogP contribution is -2.38. The number of rotatable bonds is 9.